The third-order valence-corrected chi connectivity index (χ3v) is 6.44. The molecule has 0 saturated carbocycles. The highest BCUT2D eigenvalue weighted by Crippen LogP contribution is 2.29. The van der Waals surface area contributed by atoms with Gasteiger partial charge in [-0.15, -0.1) is 0 Å². The lowest BCUT2D eigenvalue weighted by Gasteiger charge is -2.41. The van der Waals surface area contributed by atoms with Crippen molar-refractivity contribution in [1.29, 1.82) is 0 Å². The van der Waals surface area contributed by atoms with Crippen molar-refractivity contribution in [1.82, 2.24) is 9.97 Å². The van der Waals surface area contributed by atoms with Crippen LogP contribution < -0.4 is 14.5 Å². The highest BCUT2D eigenvalue weighted by atomic mass is 32.2. The van der Waals surface area contributed by atoms with E-state index in [4.69, 9.17) is 17.0 Å². The Balaban J connectivity index is 1.53. The summed E-state index contributed by atoms with van der Waals surface area (Å²) in [6.07, 6.45) is 3.61. The fourth-order valence-electron chi connectivity index (χ4n) is 3.22. The van der Waals surface area contributed by atoms with Gasteiger partial charge in [0.1, 0.15) is 17.4 Å². The lowest BCUT2D eigenvalue weighted by atomic mass is 10.2. The summed E-state index contributed by atoms with van der Waals surface area (Å²) in [6, 6.07) is 20.1. The van der Waals surface area contributed by atoms with Crippen LogP contribution in [0.5, 0.6) is 5.75 Å². The molecular formula is C22H22N4OS2. The zero-order valence-corrected chi connectivity index (χ0v) is 17.8. The summed E-state index contributed by atoms with van der Waals surface area (Å²) in [5.41, 5.74) is 1.28. The van der Waals surface area contributed by atoms with Crippen LogP contribution in [0.1, 0.15) is 5.56 Å². The fraction of sp³-hybridized carbons (Fsp3) is 0.227. The molecule has 1 fully saturated rings. The van der Waals surface area contributed by atoms with Gasteiger partial charge >= 0.3 is 0 Å². The summed E-state index contributed by atoms with van der Waals surface area (Å²) in [5, 5.41) is 1.09. The smallest absolute Gasteiger partial charge is 0.183 e. The maximum Gasteiger partial charge on any atom is 0.183 e. The summed E-state index contributed by atoms with van der Waals surface area (Å²) in [4.78, 5) is 13.3. The topological polar surface area (TPSA) is 41.5 Å². The number of aromatic nitrogens is 2. The predicted octanol–water partition coefficient (Wildman–Crippen LogP) is 4.40. The lowest BCUT2D eigenvalue weighted by Crippen LogP contribution is -2.55. The fourth-order valence-corrected chi connectivity index (χ4v) is 4.68. The number of methoxy groups -OCH3 is 1. The number of ether oxygens (including phenoxy) is 1. The second-order valence-electron chi connectivity index (χ2n) is 6.66. The molecule has 0 atom stereocenters. The van der Waals surface area contributed by atoms with Crippen LogP contribution >= 0.6 is 24.0 Å². The van der Waals surface area contributed by atoms with Gasteiger partial charge in [0.15, 0.2) is 5.11 Å². The number of thiocarbonyl (C=S) groups is 1. The van der Waals surface area contributed by atoms with Crippen LogP contribution in [0.2, 0.25) is 0 Å². The van der Waals surface area contributed by atoms with Crippen molar-refractivity contribution in [2.24, 2.45) is 0 Å². The number of hydrogen-bond donors (Lipinski definition) is 0. The minimum absolute atomic E-state index is 0.354. The van der Waals surface area contributed by atoms with Gasteiger partial charge in [0.05, 0.1) is 7.11 Å². The van der Waals surface area contributed by atoms with Crippen LogP contribution in [0.25, 0.3) is 0 Å². The zero-order valence-electron chi connectivity index (χ0n) is 16.1. The normalized spacial score (nSPS) is 14.9. The minimum atomic E-state index is 0.354. The Hall–Kier alpha value is -2.64. The van der Waals surface area contributed by atoms with Gasteiger partial charge in [-0.2, -0.15) is 11.8 Å². The van der Waals surface area contributed by atoms with Crippen molar-refractivity contribution < 1.29 is 4.74 Å². The molecule has 148 valence electrons. The first-order valence-corrected chi connectivity index (χ1v) is 10.9. The average Bonchev–Trinajstić information content (AvgIpc) is 2.80. The molecule has 7 heteroatoms. The Morgan fingerprint density at radius 3 is 2.00 bits per heavy atom. The van der Waals surface area contributed by atoms with E-state index in [1.165, 1.54) is 5.56 Å². The number of anilines is 2. The Morgan fingerprint density at radius 1 is 0.931 bits per heavy atom. The minimum Gasteiger partial charge on any atom is -0.497 e. The van der Waals surface area contributed by atoms with E-state index in [-0.39, 0.29) is 0 Å². The molecule has 0 radical (unpaired) electrons. The van der Waals surface area contributed by atoms with Gasteiger partial charge in [0.25, 0.3) is 0 Å². The van der Waals surface area contributed by atoms with E-state index in [9.17, 15) is 0 Å². The first-order chi connectivity index (χ1) is 14.2. The molecule has 4 rings (SSSR count). The van der Waals surface area contributed by atoms with Crippen molar-refractivity contribution in [3.8, 4) is 5.75 Å². The van der Waals surface area contributed by atoms with E-state index in [2.05, 4.69) is 31.9 Å². The number of nitrogens with zero attached hydrogens (tertiary/aromatic N) is 4. The van der Waals surface area contributed by atoms with E-state index in [0.717, 1.165) is 41.3 Å². The molecule has 0 unspecified atom stereocenters. The predicted molar refractivity (Wildman–Crippen MR) is 124 cm³/mol. The average molecular weight is 423 g/mol. The number of benzene rings is 1. The van der Waals surface area contributed by atoms with Gasteiger partial charge in [0.2, 0.25) is 0 Å². The molecule has 1 aliphatic rings. The second kappa shape index (κ2) is 9.24. The highest BCUT2D eigenvalue weighted by Gasteiger charge is 2.32. The van der Waals surface area contributed by atoms with Crippen molar-refractivity contribution in [2.45, 2.75) is 11.0 Å². The molecule has 0 amide bonds. The molecule has 0 bridgehead atoms. The van der Waals surface area contributed by atoms with Crippen molar-refractivity contribution in [2.75, 3.05) is 30.0 Å². The quantitative estimate of drug-likeness (QED) is 0.546. The summed E-state index contributed by atoms with van der Waals surface area (Å²) in [6.45, 7) is 1.64. The monoisotopic (exact) mass is 422 g/mol. The molecule has 1 aliphatic heterocycles. The number of rotatable bonds is 6. The molecular weight excluding hydrogens is 400 g/mol. The molecule has 0 aliphatic carbocycles. The lowest BCUT2D eigenvalue weighted by molar-refractivity contribution is 0.414. The Morgan fingerprint density at radius 2 is 1.52 bits per heavy atom. The van der Waals surface area contributed by atoms with E-state index in [1.54, 1.807) is 19.5 Å². The third kappa shape index (κ3) is 4.68. The number of thioether (sulfide) groups is 1. The molecule has 5 nitrogen and oxygen atoms in total. The summed E-state index contributed by atoms with van der Waals surface area (Å²) >= 11 is 7.74. The third-order valence-electron chi connectivity index (χ3n) is 4.73. The zero-order chi connectivity index (χ0) is 20.1. The summed E-state index contributed by atoms with van der Waals surface area (Å²) in [5.74, 6) is 3.54. The second-order valence-corrected chi connectivity index (χ2v) is 8.31. The van der Waals surface area contributed by atoms with Gasteiger partial charge in [-0.3, -0.25) is 0 Å². The standard InChI is InChI=1S/C22H22N4OS2/c1-27-18-10-8-17(9-11-18)16-29-19-14-25(20-6-2-4-12-23-20)22(28)26(15-19)21-7-3-5-13-24-21/h2-13,19H,14-16H2,1H3. The Kier molecular flexibility index (Phi) is 6.27. The van der Waals surface area contributed by atoms with Gasteiger partial charge in [0, 0.05) is 36.5 Å². The number of pyridine rings is 2. The van der Waals surface area contributed by atoms with Gasteiger partial charge in [-0.1, -0.05) is 24.3 Å². The van der Waals surface area contributed by atoms with Crippen LogP contribution in [-0.2, 0) is 5.75 Å². The van der Waals surface area contributed by atoms with Crippen molar-refractivity contribution in [3.05, 3.63) is 78.6 Å². The van der Waals surface area contributed by atoms with Gasteiger partial charge < -0.3 is 14.5 Å². The van der Waals surface area contributed by atoms with E-state index in [0.29, 0.717) is 5.25 Å². The molecule has 0 N–H and O–H groups in total. The van der Waals surface area contributed by atoms with E-state index >= 15 is 0 Å². The van der Waals surface area contributed by atoms with Crippen LogP contribution in [0.3, 0.4) is 0 Å². The van der Waals surface area contributed by atoms with E-state index in [1.807, 2.05) is 60.3 Å². The summed E-state index contributed by atoms with van der Waals surface area (Å²) < 4.78 is 5.25. The first kappa shape index (κ1) is 19.7. The molecule has 29 heavy (non-hydrogen) atoms. The first-order valence-electron chi connectivity index (χ1n) is 9.40. The molecule has 1 saturated heterocycles. The van der Waals surface area contributed by atoms with Gasteiger partial charge in [-0.05, 0) is 54.2 Å². The van der Waals surface area contributed by atoms with Crippen LogP contribution in [0, 0.1) is 0 Å². The van der Waals surface area contributed by atoms with Gasteiger partial charge in [-0.25, -0.2) is 9.97 Å². The Bertz CT molecular complexity index is 887. The SMILES string of the molecule is COc1ccc(CSC2CN(c3ccccn3)C(=S)N(c3ccccn3)C2)cc1. The molecule has 1 aromatic carbocycles. The maximum absolute atomic E-state index is 5.82. The van der Waals surface area contributed by atoms with E-state index < -0.39 is 0 Å². The number of hydrogen-bond acceptors (Lipinski definition) is 5. The largest absolute Gasteiger partial charge is 0.497 e. The van der Waals surface area contributed by atoms with Crippen LogP contribution in [0.15, 0.2) is 73.1 Å². The molecule has 0 spiro atoms. The Labute approximate surface area is 180 Å². The molecule has 3 heterocycles. The van der Waals surface area contributed by atoms with Crippen LogP contribution in [-0.4, -0.2) is 40.5 Å². The molecule has 2 aromatic heterocycles. The van der Waals surface area contributed by atoms with Crippen molar-refractivity contribution >= 4 is 40.7 Å². The van der Waals surface area contributed by atoms with Crippen molar-refractivity contribution in [3.63, 3.8) is 0 Å². The highest BCUT2D eigenvalue weighted by molar-refractivity contribution is 7.99. The summed E-state index contributed by atoms with van der Waals surface area (Å²) in [7, 11) is 1.69. The van der Waals surface area contributed by atoms with Crippen LogP contribution in [0.4, 0.5) is 11.6 Å². The molecule has 3 aromatic rings. The maximum atomic E-state index is 5.82.